The molecule has 0 saturated carbocycles. The fourth-order valence-corrected chi connectivity index (χ4v) is 3.77. The van der Waals surface area contributed by atoms with Crippen LogP contribution in [-0.2, 0) is 6.42 Å². The van der Waals surface area contributed by atoms with Crippen molar-refractivity contribution >= 4 is 16.7 Å². The molecule has 0 aliphatic heterocycles. The van der Waals surface area contributed by atoms with Gasteiger partial charge < -0.3 is 14.7 Å². The van der Waals surface area contributed by atoms with Gasteiger partial charge in [0.05, 0.1) is 18.5 Å². The molecule has 0 atom stereocenters. The zero-order valence-corrected chi connectivity index (χ0v) is 15.7. The second kappa shape index (κ2) is 6.80. The van der Waals surface area contributed by atoms with Gasteiger partial charge in [0.15, 0.2) is 5.78 Å². The van der Waals surface area contributed by atoms with E-state index in [1.54, 1.807) is 14.0 Å². The average molecular weight is 358 g/mol. The Morgan fingerprint density at radius 2 is 1.85 bits per heavy atom. The van der Waals surface area contributed by atoms with Crippen LogP contribution in [0.15, 0.2) is 54.7 Å². The van der Waals surface area contributed by atoms with Crippen molar-refractivity contribution < 1.29 is 9.53 Å². The normalized spacial score (nSPS) is 11.1. The summed E-state index contributed by atoms with van der Waals surface area (Å²) in [6, 6.07) is 16.1. The number of Topliss-reactive ketones (excluding diaryl/α,β-unsaturated/α-hetero) is 1. The van der Waals surface area contributed by atoms with E-state index in [-0.39, 0.29) is 5.78 Å². The number of methoxy groups -OCH3 is 1. The molecule has 2 heterocycles. The third-order valence-corrected chi connectivity index (χ3v) is 5.05. The fourth-order valence-electron chi connectivity index (χ4n) is 3.77. The van der Waals surface area contributed by atoms with Crippen molar-refractivity contribution in [1.82, 2.24) is 9.97 Å². The quantitative estimate of drug-likeness (QED) is 0.456. The molecule has 0 spiro atoms. The highest BCUT2D eigenvalue weighted by molar-refractivity contribution is 6.04. The lowest BCUT2D eigenvalue weighted by molar-refractivity contribution is 0.101. The summed E-state index contributed by atoms with van der Waals surface area (Å²) >= 11 is 0. The summed E-state index contributed by atoms with van der Waals surface area (Å²) < 4.78 is 5.27. The van der Waals surface area contributed by atoms with Crippen molar-refractivity contribution in [1.29, 1.82) is 0 Å². The minimum absolute atomic E-state index is 0.0306. The van der Waals surface area contributed by atoms with Gasteiger partial charge in [-0.2, -0.15) is 0 Å². The maximum Gasteiger partial charge on any atom is 0.176 e. The number of benzene rings is 2. The minimum atomic E-state index is 0.0306. The summed E-state index contributed by atoms with van der Waals surface area (Å²) in [7, 11) is 1.65. The summed E-state index contributed by atoms with van der Waals surface area (Å²) in [6.45, 7) is 3.74. The number of aromatic amines is 2. The van der Waals surface area contributed by atoms with E-state index >= 15 is 0 Å². The Balaban J connectivity index is 1.99. The molecule has 4 nitrogen and oxygen atoms in total. The lowest BCUT2D eigenvalue weighted by Crippen LogP contribution is -1.96. The number of carbonyl (C=O) groups is 1. The number of hydrogen-bond acceptors (Lipinski definition) is 2. The summed E-state index contributed by atoms with van der Waals surface area (Å²) in [6.07, 6.45) is 2.76. The molecule has 0 bridgehead atoms. The van der Waals surface area contributed by atoms with Gasteiger partial charge >= 0.3 is 0 Å². The van der Waals surface area contributed by atoms with Crippen LogP contribution >= 0.6 is 0 Å². The number of carbonyl (C=O) groups excluding carboxylic acids is 1. The second-order valence-corrected chi connectivity index (χ2v) is 6.61. The second-order valence-electron chi connectivity index (χ2n) is 6.61. The van der Waals surface area contributed by atoms with Crippen LogP contribution in [0.2, 0.25) is 0 Å². The summed E-state index contributed by atoms with van der Waals surface area (Å²) in [5, 5.41) is 1.14. The van der Waals surface area contributed by atoms with Crippen molar-refractivity contribution in [3.63, 3.8) is 0 Å². The SMILES string of the molecule is CCc1c(-c2cccc3[nH]ccc23)[nH]c(C(C)=O)c1-c1ccc(OC)cc1. The third-order valence-electron chi connectivity index (χ3n) is 5.05. The smallest absolute Gasteiger partial charge is 0.176 e. The molecule has 0 saturated heterocycles. The average Bonchev–Trinajstić information content (AvgIpc) is 3.32. The van der Waals surface area contributed by atoms with Crippen molar-refractivity contribution in [2.24, 2.45) is 0 Å². The number of rotatable bonds is 5. The monoisotopic (exact) mass is 358 g/mol. The van der Waals surface area contributed by atoms with Gasteiger partial charge in [-0.25, -0.2) is 0 Å². The molecule has 136 valence electrons. The predicted molar refractivity (Wildman–Crippen MR) is 109 cm³/mol. The highest BCUT2D eigenvalue weighted by Gasteiger charge is 2.22. The van der Waals surface area contributed by atoms with Gasteiger partial charge in [-0.1, -0.05) is 31.2 Å². The van der Waals surface area contributed by atoms with Gasteiger partial charge in [-0.15, -0.1) is 0 Å². The number of hydrogen-bond donors (Lipinski definition) is 2. The lowest BCUT2D eigenvalue weighted by atomic mass is 9.94. The Kier molecular flexibility index (Phi) is 4.32. The van der Waals surface area contributed by atoms with Gasteiger partial charge in [0.2, 0.25) is 0 Å². The zero-order valence-electron chi connectivity index (χ0n) is 15.7. The molecule has 2 aromatic carbocycles. The van der Waals surface area contributed by atoms with E-state index in [0.717, 1.165) is 51.0 Å². The fraction of sp³-hybridized carbons (Fsp3) is 0.174. The number of ketones is 1. The maximum absolute atomic E-state index is 12.4. The first-order valence-electron chi connectivity index (χ1n) is 9.10. The number of ether oxygens (including phenoxy) is 1. The molecule has 2 aromatic heterocycles. The number of aromatic nitrogens is 2. The summed E-state index contributed by atoms with van der Waals surface area (Å²) in [4.78, 5) is 19.1. The number of nitrogens with one attached hydrogen (secondary N) is 2. The van der Waals surface area contributed by atoms with E-state index in [4.69, 9.17) is 4.74 Å². The third kappa shape index (κ3) is 2.83. The molecular formula is C23H22N2O2. The highest BCUT2D eigenvalue weighted by Crippen LogP contribution is 2.39. The van der Waals surface area contributed by atoms with Gasteiger partial charge in [0.25, 0.3) is 0 Å². The van der Waals surface area contributed by atoms with Crippen LogP contribution in [0.25, 0.3) is 33.3 Å². The summed E-state index contributed by atoms with van der Waals surface area (Å²) in [5.74, 6) is 0.831. The van der Waals surface area contributed by atoms with E-state index in [1.165, 1.54) is 0 Å². The first-order chi connectivity index (χ1) is 13.1. The van der Waals surface area contributed by atoms with Crippen molar-refractivity contribution in [2.45, 2.75) is 20.3 Å². The van der Waals surface area contributed by atoms with Gasteiger partial charge in [0.1, 0.15) is 5.75 Å². The van der Waals surface area contributed by atoms with Crippen molar-refractivity contribution in [3.8, 4) is 28.1 Å². The van der Waals surface area contributed by atoms with E-state index in [0.29, 0.717) is 5.69 Å². The Hall–Kier alpha value is -3.27. The van der Waals surface area contributed by atoms with E-state index in [2.05, 4.69) is 35.1 Å². The summed E-state index contributed by atoms with van der Waals surface area (Å²) in [5.41, 5.74) is 7.00. The van der Waals surface area contributed by atoms with E-state index in [9.17, 15) is 4.79 Å². The first kappa shape index (κ1) is 17.2. The number of fused-ring (bicyclic) bond motifs is 1. The van der Waals surface area contributed by atoms with E-state index < -0.39 is 0 Å². The molecule has 27 heavy (non-hydrogen) atoms. The predicted octanol–water partition coefficient (Wildman–Crippen LogP) is 5.60. The molecule has 2 N–H and O–H groups in total. The highest BCUT2D eigenvalue weighted by atomic mass is 16.5. The van der Waals surface area contributed by atoms with Crippen LogP contribution in [0.4, 0.5) is 0 Å². The molecule has 0 radical (unpaired) electrons. The van der Waals surface area contributed by atoms with Crippen LogP contribution in [-0.4, -0.2) is 22.9 Å². The van der Waals surface area contributed by atoms with Crippen LogP contribution in [0, 0.1) is 0 Å². The van der Waals surface area contributed by atoms with E-state index in [1.807, 2.05) is 36.5 Å². The Labute approximate surface area is 158 Å². The Morgan fingerprint density at radius 1 is 1.07 bits per heavy atom. The Morgan fingerprint density at radius 3 is 2.52 bits per heavy atom. The Bertz CT molecular complexity index is 1120. The molecule has 0 amide bonds. The molecule has 4 rings (SSSR count). The van der Waals surface area contributed by atoms with Crippen LogP contribution in [0.1, 0.15) is 29.9 Å². The first-order valence-corrected chi connectivity index (χ1v) is 9.10. The molecule has 4 aromatic rings. The largest absolute Gasteiger partial charge is 0.497 e. The lowest BCUT2D eigenvalue weighted by Gasteiger charge is -2.08. The molecule has 0 unspecified atom stereocenters. The topological polar surface area (TPSA) is 57.9 Å². The van der Waals surface area contributed by atoms with Gasteiger partial charge in [-0.05, 0) is 41.8 Å². The van der Waals surface area contributed by atoms with Crippen LogP contribution in [0.5, 0.6) is 5.75 Å². The molecule has 4 heteroatoms. The standard InChI is InChI=1S/C23H22N2O2/c1-4-17-21(15-8-10-16(27-3)11-9-15)22(14(2)26)25-23(17)19-6-5-7-20-18(19)12-13-24-20/h5-13,24-25H,4H2,1-3H3. The minimum Gasteiger partial charge on any atom is -0.497 e. The van der Waals surface area contributed by atoms with Gasteiger partial charge in [-0.3, -0.25) is 4.79 Å². The molecule has 0 fully saturated rings. The van der Waals surface area contributed by atoms with Crippen molar-refractivity contribution in [3.05, 3.63) is 66.0 Å². The molecule has 0 aliphatic rings. The van der Waals surface area contributed by atoms with Crippen molar-refractivity contribution in [2.75, 3.05) is 7.11 Å². The van der Waals surface area contributed by atoms with Crippen LogP contribution < -0.4 is 4.74 Å². The maximum atomic E-state index is 12.4. The van der Waals surface area contributed by atoms with Gasteiger partial charge in [0, 0.05) is 35.2 Å². The molecular weight excluding hydrogens is 336 g/mol. The number of H-pyrrole nitrogens is 2. The zero-order chi connectivity index (χ0) is 19.0. The van der Waals surface area contributed by atoms with Crippen LogP contribution in [0.3, 0.4) is 0 Å². The molecule has 0 aliphatic carbocycles.